The number of hydrogen-bond acceptors (Lipinski definition) is 1. The molecule has 0 amide bonds. The van der Waals surface area contributed by atoms with E-state index >= 15 is 0 Å². The van der Waals surface area contributed by atoms with E-state index in [1.165, 1.54) is 17.5 Å². The summed E-state index contributed by atoms with van der Waals surface area (Å²) in [6.45, 7) is 2.07. The Kier molecular flexibility index (Phi) is 2.67. The van der Waals surface area contributed by atoms with Gasteiger partial charge in [0, 0.05) is 12.3 Å². The maximum Gasteiger partial charge on any atom is 0.140 e. The van der Waals surface area contributed by atoms with Crippen LogP contribution in [0.5, 0.6) is 0 Å². The highest BCUT2D eigenvalue weighted by Gasteiger charge is 2.24. The fourth-order valence-corrected chi connectivity index (χ4v) is 1.87. The summed E-state index contributed by atoms with van der Waals surface area (Å²) < 4.78 is 0. The quantitative estimate of drug-likeness (QED) is 0.712. The third-order valence-electron chi connectivity index (χ3n) is 3.19. The van der Waals surface area contributed by atoms with Crippen molar-refractivity contribution in [1.29, 1.82) is 0 Å². The Labute approximate surface area is 85.1 Å². The number of carbonyl (C=O) groups is 1. The molecule has 0 heterocycles. The summed E-state index contributed by atoms with van der Waals surface area (Å²) in [4.78, 5) is 11.7. The standard InChI is InChI=1S/C13H16O/c1-10-5-2-3-6-12(10)9-13(14)11-7-4-8-11/h2-3,5-6,11H,4,7-9H2,1H3. The molecule has 74 valence electrons. The Balaban J connectivity index is 2.03. The summed E-state index contributed by atoms with van der Waals surface area (Å²) in [5, 5.41) is 0. The van der Waals surface area contributed by atoms with E-state index in [1.807, 2.05) is 12.1 Å². The molecule has 0 spiro atoms. The average Bonchev–Trinajstić information content (AvgIpc) is 2.05. The molecule has 0 atom stereocenters. The fourth-order valence-electron chi connectivity index (χ4n) is 1.87. The topological polar surface area (TPSA) is 17.1 Å². The van der Waals surface area contributed by atoms with Crippen LogP contribution in [0.25, 0.3) is 0 Å². The Bertz CT molecular complexity index is 337. The molecule has 1 aromatic carbocycles. The molecule has 0 N–H and O–H groups in total. The van der Waals surface area contributed by atoms with Gasteiger partial charge in [-0.25, -0.2) is 0 Å². The summed E-state index contributed by atoms with van der Waals surface area (Å²) in [5.41, 5.74) is 2.43. The first kappa shape index (κ1) is 9.45. The van der Waals surface area contributed by atoms with Crippen LogP contribution in [0.3, 0.4) is 0 Å². The number of carbonyl (C=O) groups excluding carboxylic acids is 1. The lowest BCUT2D eigenvalue weighted by Crippen LogP contribution is -2.23. The van der Waals surface area contributed by atoms with Gasteiger partial charge in [-0.3, -0.25) is 4.79 Å². The zero-order valence-corrected chi connectivity index (χ0v) is 8.62. The summed E-state index contributed by atoms with van der Waals surface area (Å²) >= 11 is 0. The first-order valence-electron chi connectivity index (χ1n) is 5.34. The molecule has 1 fully saturated rings. The molecule has 2 rings (SSSR count). The predicted octanol–water partition coefficient (Wildman–Crippen LogP) is 2.91. The summed E-state index contributed by atoms with van der Waals surface area (Å²) in [5.74, 6) is 0.806. The maximum absolute atomic E-state index is 11.7. The molecular weight excluding hydrogens is 172 g/mol. The molecular formula is C13H16O. The first-order valence-corrected chi connectivity index (χ1v) is 5.34. The molecule has 1 aliphatic rings. The lowest BCUT2D eigenvalue weighted by atomic mass is 9.80. The molecule has 1 saturated carbocycles. The van der Waals surface area contributed by atoms with Crippen molar-refractivity contribution in [3.63, 3.8) is 0 Å². The van der Waals surface area contributed by atoms with Crippen molar-refractivity contribution < 1.29 is 4.79 Å². The van der Waals surface area contributed by atoms with Gasteiger partial charge in [-0.15, -0.1) is 0 Å². The van der Waals surface area contributed by atoms with E-state index in [0.717, 1.165) is 12.8 Å². The van der Waals surface area contributed by atoms with Gasteiger partial charge in [0.05, 0.1) is 0 Å². The molecule has 1 aliphatic carbocycles. The lowest BCUT2D eigenvalue weighted by Gasteiger charge is -2.23. The predicted molar refractivity (Wildman–Crippen MR) is 57.2 cm³/mol. The van der Waals surface area contributed by atoms with Crippen LogP contribution >= 0.6 is 0 Å². The van der Waals surface area contributed by atoms with Gasteiger partial charge in [-0.1, -0.05) is 30.7 Å². The fraction of sp³-hybridized carbons (Fsp3) is 0.462. The normalized spacial score (nSPS) is 16.4. The monoisotopic (exact) mass is 188 g/mol. The Morgan fingerprint density at radius 2 is 2.07 bits per heavy atom. The number of benzene rings is 1. The van der Waals surface area contributed by atoms with E-state index in [-0.39, 0.29) is 0 Å². The number of rotatable bonds is 3. The third kappa shape index (κ3) is 1.87. The van der Waals surface area contributed by atoms with Gasteiger partial charge in [-0.05, 0) is 30.9 Å². The van der Waals surface area contributed by atoms with Gasteiger partial charge in [0.2, 0.25) is 0 Å². The number of aryl methyl sites for hydroxylation is 1. The highest BCUT2D eigenvalue weighted by Crippen LogP contribution is 2.28. The molecule has 0 unspecified atom stereocenters. The van der Waals surface area contributed by atoms with Crippen LogP contribution in [-0.2, 0) is 11.2 Å². The average molecular weight is 188 g/mol. The second-order valence-electron chi connectivity index (χ2n) is 4.20. The van der Waals surface area contributed by atoms with Crippen molar-refractivity contribution >= 4 is 5.78 Å². The van der Waals surface area contributed by atoms with E-state index in [1.54, 1.807) is 0 Å². The summed E-state index contributed by atoms with van der Waals surface area (Å²) in [7, 11) is 0. The SMILES string of the molecule is Cc1ccccc1CC(=O)C1CCC1. The van der Waals surface area contributed by atoms with Crippen LogP contribution in [0.2, 0.25) is 0 Å². The highest BCUT2D eigenvalue weighted by molar-refractivity contribution is 5.84. The van der Waals surface area contributed by atoms with Crippen molar-refractivity contribution in [2.24, 2.45) is 5.92 Å². The zero-order valence-electron chi connectivity index (χ0n) is 8.62. The number of hydrogen-bond donors (Lipinski definition) is 0. The van der Waals surface area contributed by atoms with Gasteiger partial charge in [-0.2, -0.15) is 0 Å². The molecule has 1 aromatic rings. The van der Waals surface area contributed by atoms with Gasteiger partial charge in [0.15, 0.2) is 0 Å². The zero-order chi connectivity index (χ0) is 9.97. The third-order valence-corrected chi connectivity index (χ3v) is 3.19. The van der Waals surface area contributed by atoms with E-state index in [4.69, 9.17) is 0 Å². The van der Waals surface area contributed by atoms with Crippen molar-refractivity contribution in [1.82, 2.24) is 0 Å². The highest BCUT2D eigenvalue weighted by atomic mass is 16.1. The largest absolute Gasteiger partial charge is 0.299 e. The lowest BCUT2D eigenvalue weighted by molar-refractivity contribution is -0.124. The molecule has 14 heavy (non-hydrogen) atoms. The van der Waals surface area contributed by atoms with Gasteiger partial charge < -0.3 is 0 Å². The Hall–Kier alpha value is -1.11. The molecule has 0 aliphatic heterocycles. The van der Waals surface area contributed by atoms with Crippen molar-refractivity contribution in [2.75, 3.05) is 0 Å². The summed E-state index contributed by atoms with van der Waals surface area (Å²) in [6, 6.07) is 8.17. The van der Waals surface area contributed by atoms with Crippen LogP contribution in [0.4, 0.5) is 0 Å². The van der Waals surface area contributed by atoms with E-state index < -0.39 is 0 Å². The van der Waals surface area contributed by atoms with Gasteiger partial charge >= 0.3 is 0 Å². The van der Waals surface area contributed by atoms with Crippen LogP contribution in [0, 0.1) is 12.8 Å². The van der Waals surface area contributed by atoms with Crippen molar-refractivity contribution in [3.8, 4) is 0 Å². The van der Waals surface area contributed by atoms with Crippen LogP contribution < -0.4 is 0 Å². The minimum absolute atomic E-state index is 0.370. The number of Topliss-reactive ketones (excluding diaryl/α,β-unsaturated/α-hetero) is 1. The smallest absolute Gasteiger partial charge is 0.140 e. The maximum atomic E-state index is 11.7. The molecule has 1 nitrogen and oxygen atoms in total. The molecule has 0 saturated heterocycles. The van der Waals surface area contributed by atoms with E-state index in [2.05, 4.69) is 19.1 Å². The molecule has 1 heteroatoms. The molecule has 0 aromatic heterocycles. The van der Waals surface area contributed by atoms with Crippen molar-refractivity contribution in [2.45, 2.75) is 32.6 Å². The van der Waals surface area contributed by atoms with Crippen LogP contribution in [0.1, 0.15) is 30.4 Å². The van der Waals surface area contributed by atoms with Gasteiger partial charge in [0.25, 0.3) is 0 Å². The van der Waals surface area contributed by atoms with E-state index in [0.29, 0.717) is 18.1 Å². The second kappa shape index (κ2) is 3.95. The summed E-state index contributed by atoms with van der Waals surface area (Å²) in [6.07, 6.45) is 4.11. The van der Waals surface area contributed by atoms with Crippen molar-refractivity contribution in [3.05, 3.63) is 35.4 Å². The van der Waals surface area contributed by atoms with Crippen LogP contribution in [-0.4, -0.2) is 5.78 Å². The number of ketones is 1. The van der Waals surface area contributed by atoms with E-state index in [9.17, 15) is 4.79 Å². The molecule has 0 bridgehead atoms. The Morgan fingerprint density at radius 1 is 1.36 bits per heavy atom. The molecule has 0 radical (unpaired) electrons. The van der Waals surface area contributed by atoms with Crippen LogP contribution in [0.15, 0.2) is 24.3 Å². The second-order valence-corrected chi connectivity index (χ2v) is 4.20. The van der Waals surface area contributed by atoms with Gasteiger partial charge in [0.1, 0.15) is 5.78 Å². The Morgan fingerprint density at radius 3 is 2.64 bits per heavy atom. The first-order chi connectivity index (χ1) is 6.77. The minimum atomic E-state index is 0.370. The minimum Gasteiger partial charge on any atom is -0.299 e.